The molecule has 1 amide bonds. The van der Waals surface area contributed by atoms with E-state index in [1.165, 1.54) is 0 Å². The summed E-state index contributed by atoms with van der Waals surface area (Å²) in [7, 11) is 0. The van der Waals surface area contributed by atoms with Gasteiger partial charge in [0, 0.05) is 24.5 Å². The number of ether oxygens (including phenoxy) is 1. The topological polar surface area (TPSA) is 76.4 Å². The molecule has 112 valence electrons. The first-order valence-corrected chi connectivity index (χ1v) is 6.32. The van der Waals surface area contributed by atoms with Crippen molar-refractivity contribution in [2.75, 3.05) is 37.4 Å². The molecule has 0 radical (unpaired) electrons. The van der Waals surface area contributed by atoms with E-state index in [1.807, 2.05) is 6.92 Å². The van der Waals surface area contributed by atoms with Crippen molar-refractivity contribution < 1.29 is 18.3 Å². The fraction of sp³-hybridized carbons (Fsp3) is 0.462. The van der Waals surface area contributed by atoms with Gasteiger partial charge in [0.2, 0.25) is 0 Å². The molecule has 20 heavy (non-hydrogen) atoms. The third-order valence-electron chi connectivity index (χ3n) is 2.43. The van der Waals surface area contributed by atoms with Gasteiger partial charge in [-0.15, -0.1) is 0 Å². The lowest BCUT2D eigenvalue weighted by atomic mass is 10.1. The lowest BCUT2D eigenvalue weighted by Gasteiger charge is -2.12. The summed E-state index contributed by atoms with van der Waals surface area (Å²) in [6, 6.07) is 4.86. The second-order valence-corrected chi connectivity index (χ2v) is 4.06. The summed E-state index contributed by atoms with van der Waals surface area (Å²) in [5.74, 6) is -0.219. The minimum absolute atomic E-state index is 0.119. The van der Waals surface area contributed by atoms with E-state index in [9.17, 15) is 13.6 Å². The standard InChI is InChI=1S/C13H19F2N3O2/c1-2-17-13(19)10-4-3-9(16)7-11(10)18-5-6-20-8-12(14)15/h3-4,7,12,18H,2,5-6,8,16H2,1H3,(H,17,19). The van der Waals surface area contributed by atoms with Gasteiger partial charge < -0.3 is 21.1 Å². The zero-order chi connectivity index (χ0) is 15.0. The summed E-state index contributed by atoms with van der Waals surface area (Å²) >= 11 is 0. The van der Waals surface area contributed by atoms with Crippen molar-refractivity contribution in [2.45, 2.75) is 13.3 Å². The van der Waals surface area contributed by atoms with Crippen LogP contribution in [0.5, 0.6) is 0 Å². The average molecular weight is 287 g/mol. The number of amides is 1. The molecule has 1 aromatic rings. The zero-order valence-corrected chi connectivity index (χ0v) is 11.3. The van der Waals surface area contributed by atoms with Crippen LogP contribution in [-0.4, -0.2) is 38.6 Å². The van der Waals surface area contributed by atoms with Crippen molar-refractivity contribution >= 4 is 17.3 Å². The van der Waals surface area contributed by atoms with Gasteiger partial charge in [-0.2, -0.15) is 0 Å². The van der Waals surface area contributed by atoms with Crippen LogP contribution in [0.1, 0.15) is 17.3 Å². The zero-order valence-electron chi connectivity index (χ0n) is 11.3. The maximum atomic E-state index is 11.9. The van der Waals surface area contributed by atoms with Crippen molar-refractivity contribution in [3.63, 3.8) is 0 Å². The van der Waals surface area contributed by atoms with Crippen LogP contribution in [0.2, 0.25) is 0 Å². The summed E-state index contributed by atoms with van der Waals surface area (Å²) in [5, 5.41) is 5.64. The second-order valence-electron chi connectivity index (χ2n) is 4.06. The van der Waals surface area contributed by atoms with Gasteiger partial charge in [-0.05, 0) is 25.1 Å². The smallest absolute Gasteiger partial charge is 0.261 e. The number of carbonyl (C=O) groups excluding carboxylic acids is 1. The Kier molecular flexibility index (Phi) is 6.72. The van der Waals surface area contributed by atoms with E-state index < -0.39 is 13.0 Å². The Morgan fingerprint density at radius 1 is 1.45 bits per heavy atom. The molecule has 0 saturated heterocycles. The molecule has 0 unspecified atom stereocenters. The number of nitrogens with one attached hydrogen (secondary N) is 2. The van der Waals surface area contributed by atoms with Crippen LogP contribution in [-0.2, 0) is 4.74 Å². The maximum absolute atomic E-state index is 11.9. The van der Waals surface area contributed by atoms with Crippen LogP contribution in [0.25, 0.3) is 0 Å². The van der Waals surface area contributed by atoms with E-state index in [4.69, 9.17) is 10.5 Å². The predicted octanol–water partition coefficient (Wildman–Crippen LogP) is 1.71. The van der Waals surface area contributed by atoms with Crippen molar-refractivity contribution in [3.8, 4) is 0 Å². The van der Waals surface area contributed by atoms with Crippen LogP contribution in [0, 0.1) is 0 Å². The van der Waals surface area contributed by atoms with E-state index in [2.05, 4.69) is 10.6 Å². The monoisotopic (exact) mass is 287 g/mol. The molecule has 7 heteroatoms. The predicted molar refractivity (Wildman–Crippen MR) is 74.2 cm³/mol. The van der Waals surface area contributed by atoms with Gasteiger partial charge in [0.05, 0.1) is 12.2 Å². The molecule has 0 atom stereocenters. The Bertz CT molecular complexity index is 442. The highest BCUT2D eigenvalue weighted by Gasteiger charge is 2.10. The third-order valence-corrected chi connectivity index (χ3v) is 2.43. The maximum Gasteiger partial charge on any atom is 0.261 e. The fourth-order valence-corrected chi connectivity index (χ4v) is 1.59. The molecule has 0 bridgehead atoms. The SMILES string of the molecule is CCNC(=O)c1ccc(N)cc1NCCOCC(F)F. The normalized spacial score (nSPS) is 10.6. The first kappa shape index (κ1) is 16.2. The highest BCUT2D eigenvalue weighted by Crippen LogP contribution is 2.19. The van der Waals surface area contributed by atoms with Crippen LogP contribution < -0.4 is 16.4 Å². The van der Waals surface area contributed by atoms with Gasteiger partial charge in [0.25, 0.3) is 12.3 Å². The molecule has 0 aliphatic heterocycles. The van der Waals surface area contributed by atoms with Crippen molar-refractivity contribution in [1.82, 2.24) is 5.32 Å². The Hall–Kier alpha value is -1.89. The lowest BCUT2D eigenvalue weighted by Crippen LogP contribution is -2.24. The number of halogens is 2. The molecule has 0 aliphatic rings. The third kappa shape index (κ3) is 5.40. The molecule has 0 aliphatic carbocycles. The van der Waals surface area contributed by atoms with E-state index >= 15 is 0 Å². The fourth-order valence-electron chi connectivity index (χ4n) is 1.59. The largest absolute Gasteiger partial charge is 0.399 e. The number of anilines is 2. The number of alkyl halides is 2. The summed E-state index contributed by atoms with van der Waals surface area (Å²) in [5.41, 5.74) is 7.18. The molecular formula is C13H19F2N3O2. The van der Waals surface area contributed by atoms with E-state index in [1.54, 1.807) is 18.2 Å². The number of nitrogen functional groups attached to an aromatic ring is 1. The number of hydrogen-bond donors (Lipinski definition) is 3. The van der Waals surface area contributed by atoms with Crippen molar-refractivity contribution in [2.24, 2.45) is 0 Å². The molecule has 1 aromatic carbocycles. The van der Waals surface area contributed by atoms with Crippen LogP contribution >= 0.6 is 0 Å². The van der Waals surface area contributed by atoms with E-state index in [0.717, 1.165) is 0 Å². The van der Waals surface area contributed by atoms with Gasteiger partial charge >= 0.3 is 0 Å². The average Bonchev–Trinajstić information content (AvgIpc) is 2.38. The molecule has 0 fully saturated rings. The van der Waals surface area contributed by atoms with E-state index in [0.29, 0.717) is 30.0 Å². The first-order valence-electron chi connectivity index (χ1n) is 6.32. The molecule has 1 rings (SSSR count). The van der Waals surface area contributed by atoms with Crippen LogP contribution in [0.4, 0.5) is 20.2 Å². The number of benzene rings is 1. The van der Waals surface area contributed by atoms with Gasteiger partial charge in [0.15, 0.2) is 0 Å². The van der Waals surface area contributed by atoms with Crippen LogP contribution in [0.3, 0.4) is 0 Å². The summed E-state index contributed by atoms with van der Waals surface area (Å²) in [6.45, 7) is 2.17. The molecule has 0 saturated carbocycles. The number of rotatable bonds is 8. The molecule has 4 N–H and O–H groups in total. The first-order chi connectivity index (χ1) is 9.54. The Labute approximate surface area is 116 Å². The van der Waals surface area contributed by atoms with E-state index in [-0.39, 0.29) is 12.5 Å². The van der Waals surface area contributed by atoms with Gasteiger partial charge in [0.1, 0.15) is 6.61 Å². The number of carbonyl (C=O) groups is 1. The number of hydrogen-bond acceptors (Lipinski definition) is 4. The minimum Gasteiger partial charge on any atom is -0.399 e. The molecular weight excluding hydrogens is 268 g/mol. The molecule has 0 spiro atoms. The Morgan fingerprint density at radius 3 is 2.85 bits per heavy atom. The number of nitrogens with two attached hydrogens (primary N) is 1. The summed E-state index contributed by atoms with van der Waals surface area (Å²) in [6.07, 6.45) is -2.48. The van der Waals surface area contributed by atoms with Gasteiger partial charge in [-0.3, -0.25) is 4.79 Å². The Morgan fingerprint density at radius 2 is 2.20 bits per heavy atom. The molecule has 5 nitrogen and oxygen atoms in total. The molecule has 0 heterocycles. The van der Waals surface area contributed by atoms with Crippen molar-refractivity contribution in [1.29, 1.82) is 0 Å². The van der Waals surface area contributed by atoms with Gasteiger partial charge in [-0.25, -0.2) is 8.78 Å². The second kappa shape index (κ2) is 8.31. The lowest BCUT2D eigenvalue weighted by molar-refractivity contribution is 0.0215. The summed E-state index contributed by atoms with van der Waals surface area (Å²) < 4.78 is 28.5. The van der Waals surface area contributed by atoms with Crippen molar-refractivity contribution in [3.05, 3.63) is 23.8 Å². The minimum atomic E-state index is -2.48. The highest BCUT2D eigenvalue weighted by atomic mass is 19.3. The quantitative estimate of drug-likeness (QED) is 0.502. The summed E-state index contributed by atoms with van der Waals surface area (Å²) in [4.78, 5) is 11.8. The Balaban J connectivity index is 2.58. The molecule has 0 aromatic heterocycles. The highest BCUT2D eigenvalue weighted by molar-refractivity contribution is 6.00. The van der Waals surface area contributed by atoms with Crippen LogP contribution in [0.15, 0.2) is 18.2 Å². The van der Waals surface area contributed by atoms with Gasteiger partial charge in [-0.1, -0.05) is 0 Å².